The Morgan fingerprint density at radius 1 is 1.75 bits per heavy atom. The molecule has 0 amide bonds. The lowest BCUT2D eigenvalue weighted by atomic mass is 10.0. The normalized spacial score (nSPS) is 17.4. The van der Waals surface area contributed by atoms with Crippen LogP contribution in [0.2, 0.25) is 0 Å². The number of rotatable bonds is 3. The molecule has 0 rings (SSSR count). The van der Waals surface area contributed by atoms with Crippen LogP contribution < -0.4 is 5.73 Å². The molecule has 0 saturated heterocycles. The Morgan fingerprint density at radius 2 is 2.25 bits per heavy atom. The maximum atomic E-state index is 10.0. The first-order chi connectivity index (χ1) is 3.72. The Morgan fingerprint density at radius 3 is 2.38 bits per heavy atom. The van der Waals surface area contributed by atoms with Gasteiger partial charge in [-0.25, -0.2) is 0 Å². The summed E-state index contributed by atoms with van der Waals surface area (Å²) in [5.74, 6) is 0.437. The maximum Gasteiger partial charge on any atom is 0.177 e. The van der Waals surface area contributed by atoms with Crippen molar-refractivity contribution in [3.8, 4) is 0 Å². The van der Waals surface area contributed by atoms with E-state index < -0.39 is 0 Å². The molecule has 3 N–H and O–H groups in total. The molecule has 48 valence electrons. The molecule has 0 aliphatic rings. The fraction of sp³-hybridized carbons (Fsp3) is 0.833. The van der Waals surface area contributed by atoms with Gasteiger partial charge < -0.3 is 5.73 Å². The molecule has 0 aromatic rings. The van der Waals surface area contributed by atoms with E-state index in [9.17, 15) is 4.79 Å². The van der Waals surface area contributed by atoms with E-state index in [1.807, 2.05) is 6.92 Å². The Bertz CT molecular complexity index is 72.9. The van der Waals surface area contributed by atoms with Crippen LogP contribution in [0.3, 0.4) is 0 Å². The Kier molecular flexibility index (Phi) is 3.44. The first-order valence-corrected chi connectivity index (χ1v) is 3.00. The zero-order valence-electron chi connectivity index (χ0n) is 5.55. The lowest BCUT2D eigenvalue weighted by molar-refractivity contribution is -0.411. The second-order valence-corrected chi connectivity index (χ2v) is 2.19. The zero-order chi connectivity index (χ0) is 6.57. The molecule has 0 saturated carbocycles. The summed E-state index contributed by atoms with van der Waals surface area (Å²) < 4.78 is 0. The van der Waals surface area contributed by atoms with Crippen molar-refractivity contribution in [2.75, 3.05) is 0 Å². The average Bonchev–Trinajstić information content (AvgIpc) is 1.84. The van der Waals surface area contributed by atoms with Gasteiger partial charge >= 0.3 is 0 Å². The second-order valence-electron chi connectivity index (χ2n) is 2.19. The van der Waals surface area contributed by atoms with Gasteiger partial charge in [0, 0.05) is 5.92 Å². The second kappa shape index (κ2) is 3.61. The van der Waals surface area contributed by atoms with Crippen molar-refractivity contribution in [3.05, 3.63) is 0 Å². The smallest absolute Gasteiger partial charge is 0.177 e. The van der Waals surface area contributed by atoms with Gasteiger partial charge in [-0.1, -0.05) is 13.8 Å². The van der Waals surface area contributed by atoms with Crippen molar-refractivity contribution < 1.29 is 10.5 Å². The molecule has 0 spiro atoms. The largest absolute Gasteiger partial charge is 0.349 e. The van der Waals surface area contributed by atoms with Crippen LogP contribution in [0.4, 0.5) is 0 Å². The molecule has 2 nitrogen and oxygen atoms in total. The lowest BCUT2D eigenvalue weighted by Gasteiger charge is -2.06. The summed E-state index contributed by atoms with van der Waals surface area (Å²) in [7, 11) is 0. The molecule has 1 unspecified atom stereocenters. The molecule has 0 fully saturated rings. The summed E-state index contributed by atoms with van der Waals surface area (Å²) in [6, 6.07) is -0.0139. The predicted molar refractivity (Wildman–Crippen MR) is 32.2 cm³/mol. The minimum Gasteiger partial charge on any atom is -0.349 e. The van der Waals surface area contributed by atoms with Gasteiger partial charge in [-0.2, -0.15) is 0 Å². The topological polar surface area (TPSA) is 44.7 Å². The van der Waals surface area contributed by atoms with Gasteiger partial charge in [0.2, 0.25) is 0 Å². The molecule has 0 aliphatic carbocycles. The highest BCUT2D eigenvalue weighted by Crippen LogP contribution is 2.00. The SMILES string of the molecule is CCC(C)[C@H]([NH3+])C=O. The van der Waals surface area contributed by atoms with Crippen LogP contribution in [0.5, 0.6) is 0 Å². The molecule has 0 bridgehead atoms. The van der Waals surface area contributed by atoms with Crippen molar-refractivity contribution in [2.24, 2.45) is 5.92 Å². The fourth-order valence-corrected chi connectivity index (χ4v) is 0.437. The van der Waals surface area contributed by atoms with Gasteiger partial charge in [-0.15, -0.1) is 0 Å². The predicted octanol–water partition coefficient (Wildman–Crippen LogP) is -0.158. The van der Waals surface area contributed by atoms with Crippen molar-refractivity contribution in [1.29, 1.82) is 0 Å². The minimum absolute atomic E-state index is 0.0139. The van der Waals surface area contributed by atoms with Gasteiger partial charge in [-0.05, 0) is 6.42 Å². The van der Waals surface area contributed by atoms with Crippen LogP contribution in [-0.4, -0.2) is 12.3 Å². The van der Waals surface area contributed by atoms with Crippen LogP contribution in [-0.2, 0) is 4.79 Å². The quantitative estimate of drug-likeness (QED) is 0.512. The molecule has 8 heavy (non-hydrogen) atoms. The van der Waals surface area contributed by atoms with E-state index in [0.717, 1.165) is 12.7 Å². The van der Waals surface area contributed by atoms with Gasteiger partial charge in [0.15, 0.2) is 6.29 Å². The van der Waals surface area contributed by atoms with Gasteiger partial charge in [0.25, 0.3) is 0 Å². The third-order valence-electron chi connectivity index (χ3n) is 1.55. The van der Waals surface area contributed by atoms with Crippen molar-refractivity contribution in [2.45, 2.75) is 26.3 Å². The zero-order valence-corrected chi connectivity index (χ0v) is 5.55. The van der Waals surface area contributed by atoms with E-state index >= 15 is 0 Å². The first-order valence-electron chi connectivity index (χ1n) is 3.00. The molecule has 0 aromatic heterocycles. The highest BCUT2D eigenvalue weighted by atomic mass is 16.1. The highest BCUT2D eigenvalue weighted by molar-refractivity contribution is 5.55. The highest BCUT2D eigenvalue weighted by Gasteiger charge is 2.11. The summed E-state index contributed by atoms with van der Waals surface area (Å²) in [6.07, 6.45) is 1.95. The van der Waals surface area contributed by atoms with E-state index in [-0.39, 0.29) is 6.04 Å². The van der Waals surface area contributed by atoms with E-state index in [1.165, 1.54) is 0 Å². The average molecular weight is 116 g/mol. The number of carbonyl (C=O) groups excluding carboxylic acids is 1. The van der Waals surface area contributed by atoms with E-state index in [0.29, 0.717) is 5.92 Å². The van der Waals surface area contributed by atoms with E-state index in [2.05, 4.69) is 12.7 Å². The summed E-state index contributed by atoms with van der Waals surface area (Å²) in [5, 5.41) is 0. The molecule has 0 heterocycles. The van der Waals surface area contributed by atoms with Crippen molar-refractivity contribution in [3.63, 3.8) is 0 Å². The summed E-state index contributed by atoms with van der Waals surface area (Å²) in [6.45, 7) is 4.10. The van der Waals surface area contributed by atoms with Gasteiger partial charge in [0.1, 0.15) is 6.04 Å². The summed E-state index contributed by atoms with van der Waals surface area (Å²) in [5.41, 5.74) is 3.66. The molecule has 2 atom stereocenters. The lowest BCUT2D eigenvalue weighted by Crippen LogP contribution is -2.64. The fourth-order valence-electron chi connectivity index (χ4n) is 0.437. The summed E-state index contributed by atoms with van der Waals surface area (Å²) in [4.78, 5) is 10.0. The molecular formula is C6H14NO+. The number of hydrogen-bond acceptors (Lipinski definition) is 1. The van der Waals surface area contributed by atoms with Crippen LogP contribution in [0.15, 0.2) is 0 Å². The molecule has 0 aromatic carbocycles. The molecule has 2 heteroatoms. The maximum absolute atomic E-state index is 10.0. The van der Waals surface area contributed by atoms with E-state index in [1.54, 1.807) is 0 Å². The number of quaternary nitrogens is 1. The van der Waals surface area contributed by atoms with Gasteiger partial charge in [-0.3, -0.25) is 4.79 Å². The molecule has 0 radical (unpaired) electrons. The van der Waals surface area contributed by atoms with E-state index in [4.69, 9.17) is 0 Å². The van der Waals surface area contributed by atoms with Crippen LogP contribution in [0.1, 0.15) is 20.3 Å². The monoisotopic (exact) mass is 116 g/mol. The van der Waals surface area contributed by atoms with Crippen LogP contribution in [0, 0.1) is 5.92 Å². The third kappa shape index (κ3) is 2.07. The van der Waals surface area contributed by atoms with Crippen LogP contribution in [0.25, 0.3) is 0 Å². The number of hydrogen-bond donors (Lipinski definition) is 1. The standard InChI is InChI=1S/C6H13NO/c1-3-5(2)6(7)4-8/h4-6H,3,7H2,1-2H3/p+1/t5?,6-/m1/s1. The third-order valence-corrected chi connectivity index (χ3v) is 1.55. The Labute approximate surface area is 50.1 Å². The Balaban J connectivity index is 3.44. The van der Waals surface area contributed by atoms with Crippen LogP contribution >= 0.6 is 0 Å². The summed E-state index contributed by atoms with van der Waals surface area (Å²) >= 11 is 0. The Hall–Kier alpha value is -0.370. The van der Waals surface area contributed by atoms with Crippen molar-refractivity contribution in [1.82, 2.24) is 0 Å². The minimum atomic E-state index is -0.0139. The number of carbonyl (C=O) groups is 1. The molecule has 0 aliphatic heterocycles. The molecular weight excluding hydrogens is 102 g/mol. The first kappa shape index (κ1) is 7.63. The van der Waals surface area contributed by atoms with Gasteiger partial charge in [0.05, 0.1) is 0 Å². The van der Waals surface area contributed by atoms with Crippen molar-refractivity contribution >= 4 is 6.29 Å². The number of aldehydes is 1.